The van der Waals surface area contributed by atoms with E-state index in [1.807, 2.05) is 13.0 Å². The van der Waals surface area contributed by atoms with Gasteiger partial charge in [0.2, 0.25) is 11.8 Å². The molecular weight excluding hydrogens is 266 g/mol. The minimum absolute atomic E-state index is 0.0709. The number of benzene rings is 1. The number of carbonyl (C=O) groups excluding carboxylic acids is 2. The van der Waals surface area contributed by atoms with Crippen molar-refractivity contribution in [2.24, 2.45) is 17.1 Å². The Hall–Kier alpha value is -1.88. The molecule has 1 spiro atoms. The number of nitrogens with two attached hydrogens (primary N) is 1. The zero-order chi connectivity index (χ0) is 15.0. The average Bonchev–Trinajstić information content (AvgIpc) is 3.15. The minimum Gasteiger partial charge on any atom is -0.366 e. The Balaban J connectivity index is 1.71. The van der Waals surface area contributed by atoms with Crippen LogP contribution in [0, 0.1) is 18.3 Å². The lowest BCUT2D eigenvalue weighted by molar-refractivity contribution is -0.118. The highest BCUT2D eigenvalue weighted by Gasteiger charge is 2.57. The van der Waals surface area contributed by atoms with Crippen LogP contribution >= 0.6 is 0 Å². The van der Waals surface area contributed by atoms with Crippen molar-refractivity contribution in [1.82, 2.24) is 5.32 Å². The van der Waals surface area contributed by atoms with Gasteiger partial charge in [0.25, 0.3) is 0 Å². The Morgan fingerprint density at radius 3 is 2.71 bits per heavy atom. The Kier molecular flexibility index (Phi) is 3.45. The maximum atomic E-state index is 12.4. The summed E-state index contributed by atoms with van der Waals surface area (Å²) in [4.78, 5) is 23.7. The predicted molar refractivity (Wildman–Crippen MR) is 81.0 cm³/mol. The summed E-state index contributed by atoms with van der Waals surface area (Å²) in [5.41, 5.74) is 7.55. The summed E-state index contributed by atoms with van der Waals surface area (Å²) in [6.07, 6.45) is 3.13. The van der Waals surface area contributed by atoms with E-state index in [4.69, 9.17) is 5.73 Å². The highest BCUT2D eigenvalue weighted by molar-refractivity contribution is 5.98. The van der Waals surface area contributed by atoms with E-state index in [9.17, 15) is 9.59 Å². The van der Waals surface area contributed by atoms with Crippen LogP contribution in [0.2, 0.25) is 0 Å². The van der Waals surface area contributed by atoms with E-state index in [-0.39, 0.29) is 17.2 Å². The molecule has 1 heterocycles. The molecule has 4 N–H and O–H groups in total. The summed E-state index contributed by atoms with van der Waals surface area (Å²) in [6.45, 7) is 3.91. The molecule has 2 aliphatic rings. The molecule has 1 unspecified atom stereocenters. The van der Waals surface area contributed by atoms with Crippen molar-refractivity contribution in [1.29, 1.82) is 0 Å². The summed E-state index contributed by atoms with van der Waals surface area (Å²) >= 11 is 0. The van der Waals surface area contributed by atoms with E-state index < -0.39 is 5.91 Å². The second-order valence-corrected chi connectivity index (χ2v) is 6.25. The Morgan fingerprint density at radius 2 is 2.05 bits per heavy atom. The molecule has 21 heavy (non-hydrogen) atoms. The van der Waals surface area contributed by atoms with Gasteiger partial charge >= 0.3 is 0 Å². The molecule has 1 aliphatic heterocycles. The molecule has 5 nitrogen and oxygen atoms in total. The summed E-state index contributed by atoms with van der Waals surface area (Å²) in [7, 11) is 0. The lowest BCUT2D eigenvalue weighted by Crippen LogP contribution is -2.31. The molecular formula is C16H21N3O2. The van der Waals surface area contributed by atoms with Crippen LogP contribution in [0.5, 0.6) is 0 Å². The van der Waals surface area contributed by atoms with Crippen molar-refractivity contribution >= 4 is 17.5 Å². The van der Waals surface area contributed by atoms with E-state index in [0.29, 0.717) is 11.3 Å². The molecule has 1 aliphatic carbocycles. The van der Waals surface area contributed by atoms with Crippen LogP contribution in [-0.2, 0) is 4.79 Å². The standard InChI is InChI=1S/C16H21N3O2/c1-10-2-3-11(14(17)20)8-13(10)19-15(21)12-9-16(12)4-6-18-7-5-16/h2-3,8,12,18H,4-7,9H2,1H3,(H2,17,20)(H,19,21). The molecule has 3 rings (SSSR count). The fourth-order valence-corrected chi connectivity index (χ4v) is 3.33. The number of piperidine rings is 1. The first-order chi connectivity index (χ1) is 10.0. The number of aryl methyl sites for hydroxylation is 1. The molecule has 5 heteroatoms. The Labute approximate surface area is 124 Å². The van der Waals surface area contributed by atoms with E-state index in [0.717, 1.165) is 37.9 Å². The maximum Gasteiger partial charge on any atom is 0.248 e. The molecule has 1 saturated carbocycles. The smallest absolute Gasteiger partial charge is 0.248 e. The number of nitrogens with one attached hydrogen (secondary N) is 2. The van der Waals surface area contributed by atoms with Gasteiger partial charge in [-0.15, -0.1) is 0 Å². The van der Waals surface area contributed by atoms with Crippen molar-refractivity contribution in [3.63, 3.8) is 0 Å². The fraction of sp³-hybridized carbons (Fsp3) is 0.500. The second kappa shape index (κ2) is 5.15. The molecule has 1 aromatic carbocycles. The largest absolute Gasteiger partial charge is 0.366 e. The van der Waals surface area contributed by atoms with E-state index in [1.54, 1.807) is 12.1 Å². The summed E-state index contributed by atoms with van der Waals surface area (Å²) < 4.78 is 0. The number of primary amides is 1. The van der Waals surface area contributed by atoms with Crippen LogP contribution in [0.25, 0.3) is 0 Å². The van der Waals surface area contributed by atoms with Gasteiger partial charge in [-0.1, -0.05) is 6.07 Å². The molecule has 0 radical (unpaired) electrons. The third-order valence-electron chi connectivity index (χ3n) is 4.89. The highest BCUT2D eigenvalue weighted by atomic mass is 16.2. The third kappa shape index (κ3) is 2.65. The summed E-state index contributed by atoms with van der Waals surface area (Å²) in [6, 6.07) is 5.15. The average molecular weight is 287 g/mol. The molecule has 1 saturated heterocycles. The molecule has 112 valence electrons. The molecule has 0 bridgehead atoms. The zero-order valence-electron chi connectivity index (χ0n) is 12.2. The van der Waals surface area contributed by atoms with E-state index >= 15 is 0 Å². The van der Waals surface area contributed by atoms with Gasteiger partial charge in [-0.2, -0.15) is 0 Å². The van der Waals surface area contributed by atoms with E-state index in [1.165, 1.54) is 0 Å². The second-order valence-electron chi connectivity index (χ2n) is 6.25. The summed E-state index contributed by atoms with van der Waals surface area (Å²) in [5, 5.41) is 6.31. The van der Waals surface area contributed by atoms with Crippen LogP contribution in [0.3, 0.4) is 0 Å². The Morgan fingerprint density at radius 1 is 1.33 bits per heavy atom. The number of anilines is 1. The Bertz CT molecular complexity index is 591. The first kappa shape index (κ1) is 14.1. The topological polar surface area (TPSA) is 84.2 Å². The van der Waals surface area contributed by atoms with Gasteiger partial charge in [0.1, 0.15) is 0 Å². The molecule has 0 aromatic heterocycles. The van der Waals surface area contributed by atoms with Crippen LogP contribution in [0.4, 0.5) is 5.69 Å². The molecule has 2 fully saturated rings. The van der Waals surface area contributed by atoms with Crippen LogP contribution in [0.15, 0.2) is 18.2 Å². The molecule has 2 amide bonds. The SMILES string of the molecule is Cc1ccc(C(N)=O)cc1NC(=O)C1CC12CCNCC2. The van der Waals surface area contributed by atoms with Gasteiger partial charge in [0.15, 0.2) is 0 Å². The van der Waals surface area contributed by atoms with Gasteiger partial charge in [-0.05, 0) is 62.4 Å². The minimum atomic E-state index is -0.480. The number of carbonyl (C=O) groups is 2. The van der Waals surface area contributed by atoms with Gasteiger partial charge < -0.3 is 16.4 Å². The van der Waals surface area contributed by atoms with Crippen molar-refractivity contribution in [3.05, 3.63) is 29.3 Å². The fourth-order valence-electron chi connectivity index (χ4n) is 3.33. The number of rotatable bonds is 3. The highest BCUT2D eigenvalue weighted by Crippen LogP contribution is 2.58. The third-order valence-corrected chi connectivity index (χ3v) is 4.89. The number of hydrogen-bond acceptors (Lipinski definition) is 3. The maximum absolute atomic E-state index is 12.4. The van der Waals surface area contributed by atoms with E-state index in [2.05, 4.69) is 10.6 Å². The van der Waals surface area contributed by atoms with Gasteiger partial charge in [-0.3, -0.25) is 9.59 Å². The van der Waals surface area contributed by atoms with Crippen LogP contribution < -0.4 is 16.4 Å². The lowest BCUT2D eigenvalue weighted by Gasteiger charge is -2.23. The quantitative estimate of drug-likeness (QED) is 0.786. The van der Waals surface area contributed by atoms with Gasteiger partial charge in [0, 0.05) is 17.2 Å². The van der Waals surface area contributed by atoms with Gasteiger partial charge in [-0.25, -0.2) is 0 Å². The predicted octanol–water partition coefficient (Wildman–Crippen LogP) is 1.42. The number of amides is 2. The summed E-state index contributed by atoms with van der Waals surface area (Å²) in [5.74, 6) is -0.301. The number of hydrogen-bond donors (Lipinski definition) is 3. The monoisotopic (exact) mass is 287 g/mol. The molecule has 1 atom stereocenters. The van der Waals surface area contributed by atoms with Gasteiger partial charge in [0.05, 0.1) is 0 Å². The molecule has 1 aromatic rings. The van der Waals surface area contributed by atoms with Crippen molar-refractivity contribution < 1.29 is 9.59 Å². The first-order valence-corrected chi connectivity index (χ1v) is 7.44. The van der Waals surface area contributed by atoms with Crippen molar-refractivity contribution in [3.8, 4) is 0 Å². The van der Waals surface area contributed by atoms with Crippen molar-refractivity contribution in [2.45, 2.75) is 26.2 Å². The van der Waals surface area contributed by atoms with Crippen LogP contribution in [-0.4, -0.2) is 24.9 Å². The zero-order valence-corrected chi connectivity index (χ0v) is 12.2. The first-order valence-electron chi connectivity index (χ1n) is 7.44. The van der Waals surface area contributed by atoms with Crippen molar-refractivity contribution in [2.75, 3.05) is 18.4 Å². The normalized spacial score (nSPS) is 22.8. The van der Waals surface area contributed by atoms with Crippen LogP contribution in [0.1, 0.15) is 35.2 Å². The lowest BCUT2D eigenvalue weighted by atomic mass is 9.91.